The topological polar surface area (TPSA) is 35.2 Å². The summed E-state index contributed by atoms with van der Waals surface area (Å²) in [5.74, 6) is 0.878. The summed E-state index contributed by atoms with van der Waals surface area (Å²) in [6, 6.07) is 4.81. The largest absolute Gasteiger partial charge is 0.493 e. The molecule has 0 bridgehead atoms. The molecule has 0 fully saturated rings. The molecule has 0 unspecified atom stereocenters. The Morgan fingerprint density at radius 3 is 2.67 bits per heavy atom. The van der Waals surface area contributed by atoms with Crippen molar-refractivity contribution in [1.82, 2.24) is 0 Å². The maximum atomic E-state index is 13.3. The molecule has 1 aromatic rings. The van der Waals surface area contributed by atoms with Gasteiger partial charge < -0.3 is 10.5 Å². The van der Waals surface area contributed by atoms with Gasteiger partial charge in [-0.15, -0.1) is 0 Å². The van der Waals surface area contributed by atoms with E-state index in [-0.39, 0.29) is 12.4 Å². The van der Waals surface area contributed by atoms with Crippen molar-refractivity contribution in [1.29, 1.82) is 0 Å². The second-order valence-electron chi connectivity index (χ2n) is 3.99. The molecule has 0 heterocycles. The second-order valence-corrected chi connectivity index (χ2v) is 3.99. The van der Waals surface area contributed by atoms with E-state index in [0.29, 0.717) is 23.8 Å². The minimum absolute atomic E-state index is 0.220. The van der Waals surface area contributed by atoms with E-state index in [0.717, 1.165) is 6.42 Å². The average Bonchev–Trinajstić information content (AvgIpc) is 2.17. The van der Waals surface area contributed by atoms with E-state index in [2.05, 4.69) is 13.8 Å². The highest BCUT2D eigenvalue weighted by Gasteiger charge is 2.02. The van der Waals surface area contributed by atoms with Crippen LogP contribution in [0.3, 0.4) is 0 Å². The first-order valence-electron chi connectivity index (χ1n) is 5.24. The Labute approximate surface area is 90.2 Å². The van der Waals surface area contributed by atoms with Gasteiger partial charge in [-0.05, 0) is 18.4 Å². The molecular formula is C12H18FNO. The van der Waals surface area contributed by atoms with Crippen LogP contribution in [0.5, 0.6) is 5.75 Å². The molecule has 2 N–H and O–H groups in total. The van der Waals surface area contributed by atoms with Crippen molar-refractivity contribution in [3.63, 3.8) is 0 Å². The third kappa shape index (κ3) is 3.88. The van der Waals surface area contributed by atoms with Gasteiger partial charge in [-0.2, -0.15) is 0 Å². The van der Waals surface area contributed by atoms with E-state index in [1.54, 1.807) is 12.1 Å². The van der Waals surface area contributed by atoms with E-state index in [4.69, 9.17) is 10.5 Å². The fourth-order valence-electron chi connectivity index (χ4n) is 1.20. The Bertz CT molecular complexity index is 312. The quantitative estimate of drug-likeness (QED) is 0.812. The second kappa shape index (κ2) is 5.71. The van der Waals surface area contributed by atoms with E-state index in [1.807, 2.05) is 0 Å². The lowest BCUT2D eigenvalue weighted by molar-refractivity contribution is 0.288. The summed E-state index contributed by atoms with van der Waals surface area (Å²) >= 11 is 0. The Morgan fingerprint density at radius 1 is 1.40 bits per heavy atom. The van der Waals surface area contributed by atoms with Crippen LogP contribution in [0.25, 0.3) is 0 Å². The van der Waals surface area contributed by atoms with Crippen molar-refractivity contribution in [3.8, 4) is 5.75 Å². The summed E-state index contributed by atoms with van der Waals surface area (Å²) in [4.78, 5) is 0. The zero-order valence-corrected chi connectivity index (χ0v) is 9.29. The van der Waals surface area contributed by atoms with Crippen molar-refractivity contribution in [2.75, 3.05) is 6.61 Å². The van der Waals surface area contributed by atoms with Gasteiger partial charge in [-0.25, -0.2) is 4.39 Å². The molecule has 1 aromatic carbocycles. The summed E-state index contributed by atoms with van der Waals surface area (Å²) in [6.45, 7) is 5.10. The third-order valence-corrected chi connectivity index (χ3v) is 2.21. The van der Waals surface area contributed by atoms with E-state index in [1.165, 1.54) is 6.07 Å². The summed E-state index contributed by atoms with van der Waals surface area (Å²) in [6.07, 6.45) is 0.972. The Morgan fingerprint density at radius 2 is 2.13 bits per heavy atom. The molecule has 0 saturated heterocycles. The van der Waals surface area contributed by atoms with Gasteiger partial charge >= 0.3 is 0 Å². The Hall–Kier alpha value is -1.09. The van der Waals surface area contributed by atoms with Gasteiger partial charge in [-0.3, -0.25) is 0 Å². The van der Waals surface area contributed by atoms with Crippen LogP contribution in [0.15, 0.2) is 18.2 Å². The highest BCUT2D eigenvalue weighted by atomic mass is 19.1. The number of halogens is 1. The molecule has 0 atom stereocenters. The lowest BCUT2D eigenvalue weighted by Gasteiger charge is -2.09. The molecule has 1 rings (SSSR count). The maximum absolute atomic E-state index is 13.3. The number of benzene rings is 1. The van der Waals surface area contributed by atoms with Crippen LogP contribution in [-0.4, -0.2) is 6.61 Å². The standard InChI is InChI=1S/C12H18FNO/c1-9(2)5-6-15-11-4-3-10(8-14)12(13)7-11/h3-4,7,9H,5-6,8,14H2,1-2H3. The smallest absolute Gasteiger partial charge is 0.131 e. The molecule has 0 spiro atoms. The molecule has 84 valence electrons. The molecule has 3 heteroatoms. The minimum Gasteiger partial charge on any atom is -0.493 e. The Kier molecular flexibility index (Phi) is 4.56. The van der Waals surface area contributed by atoms with Crippen LogP contribution >= 0.6 is 0 Å². The average molecular weight is 211 g/mol. The van der Waals surface area contributed by atoms with Gasteiger partial charge in [0.25, 0.3) is 0 Å². The van der Waals surface area contributed by atoms with Crippen molar-refractivity contribution in [2.45, 2.75) is 26.8 Å². The van der Waals surface area contributed by atoms with E-state index < -0.39 is 0 Å². The van der Waals surface area contributed by atoms with Crippen LogP contribution < -0.4 is 10.5 Å². The fraction of sp³-hybridized carbons (Fsp3) is 0.500. The van der Waals surface area contributed by atoms with Crippen molar-refractivity contribution >= 4 is 0 Å². The van der Waals surface area contributed by atoms with E-state index >= 15 is 0 Å². The first-order chi connectivity index (χ1) is 7.13. The van der Waals surface area contributed by atoms with Gasteiger partial charge in [0.05, 0.1) is 6.61 Å². The first kappa shape index (κ1) is 12.0. The monoisotopic (exact) mass is 211 g/mol. The van der Waals surface area contributed by atoms with Crippen molar-refractivity contribution in [2.24, 2.45) is 11.7 Å². The number of hydrogen-bond acceptors (Lipinski definition) is 2. The third-order valence-electron chi connectivity index (χ3n) is 2.21. The lowest BCUT2D eigenvalue weighted by Crippen LogP contribution is -2.03. The first-order valence-corrected chi connectivity index (χ1v) is 5.24. The zero-order chi connectivity index (χ0) is 11.3. The molecule has 0 aliphatic rings. The van der Waals surface area contributed by atoms with Gasteiger partial charge in [0.1, 0.15) is 11.6 Å². The van der Waals surface area contributed by atoms with Gasteiger partial charge in [-0.1, -0.05) is 19.9 Å². The minimum atomic E-state index is -0.292. The molecule has 0 aromatic heterocycles. The molecule has 0 saturated carbocycles. The van der Waals surface area contributed by atoms with Crippen molar-refractivity contribution in [3.05, 3.63) is 29.6 Å². The van der Waals surface area contributed by atoms with Crippen LogP contribution in [0.4, 0.5) is 4.39 Å². The molecule has 0 aliphatic carbocycles. The van der Waals surface area contributed by atoms with Gasteiger partial charge in [0, 0.05) is 18.2 Å². The van der Waals surface area contributed by atoms with Gasteiger partial charge in [0.2, 0.25) is 0 Å². The maximum Gasteiger partial charge on any atom is 0.131 e. The fourth-order valence-corrected chi connectivity index (χ4v) is 1.20. The summed E-state index contributed by atoms with van der Waals surface area (Å²) in [7, 11) is 0. The van der Waals surface area contributed by atoms with E-state index in [9.17, 15) is 4.39 Å². The number of rotatable bonds is 5. The normalized spacial score (nSPS) is 10.7. The molecule has 0 amide bonds. The number of hydrogen-bond donors (Lipinski definition) is 1. The molecular weight excluding hydrogens is 193 g/mol. The van der Waals surface area contributed by atoms with Crippen LogP contribution in [-0.2, 0) is 6.54 Å². The number of nitrogens with two attached hydrogens (primary N) is 1. The zero-order valence-electron chi connectivity index (χ0n) is 9.29. The molecule has 15 heavy (non-hydrogen) atoms. The van der Waals surface area contributed by atoms with Crippen LogP contribution in [0.1, 0.15) is 25.8 Å². The number of ether oxygens (including phenoxy) is 1. The SMILES string of the molecule is CC(C)CCOc1ccc(CN)c(F)c1. The summed E-state index contributed by atoms with van der Waals surface area (Å²) in [5.41, 5.74) is 5.88. The predicted molar refractivity (Wildman–Crippen MR) is 59.2 cm³/mol. The van der Waals surface area contributed by atoms with Crippen LogP contribution in [0, 0.1) is 11.7 Å². The lowest BCUT2D eigenvalue weighted by atomic mass is 10.1. The molecule has 0 radical (unpaired) electrons. The van der Waals surface area contributed by atoms with Crippen LogP contribution in [0.2, 0.25) is 0 Å². The highest BCUT2D eigenvalue weighted by Crippen LogP contribution is 2.16. The highest BCUT2D eigenvalue weighted by molar-refractivity contribution is 5.28. The molecule has 2 nitrogen and oxygen atoms in total. The predicted octanol–water partition coefficient (Wildman–Crippen LogP) is 2.71. The van der Waals surface area contributed by atoms with Gasteiger partial charge in [0.15, 0.2) is 0 Å². The molecule has 0 aliphatic heterocycles. The summed E-state index contributed by atoms with van der Waals surface area (Å²) in [5, 5.41) is 0. The van der Waals surface area contributed by atoms with Crippen molar-refractivity contribution < 1.29 is 9.13 Å². The summed E-state index contributed by atoms with van der Waals surface area (Å²) < 4.78 is 18.7. The Balaban J connectivity index is 2.52.